The van der Waals surface area contributed by atoms with E-state index in [2.05, 4.69) is 12.0 Å². The van der Waals surface area contributed by atoms with Gasteiger partial charge in [-0.1, -0.05) is 6.92 Å². The first-order chi connectivity index (χ1) is 12.9. The first-order valence-electron chi connectivity index (χ1n) is 9.38. The SMILES string of the molecule is CC1CCCN(C(=O)C2Cc3cc(O)ccc3N2c2ccc(=O)n(C)n2)C1. The Balaban J connectivity index is 1.74. The van der Waals surface area contributed by atoms with Crippen LogP contribution in [0.4, 0.5) is 11.5 Å². The van der Waals surface area contributed by atoms with Crippen LogP contribution in [0.1, 0.15) is 25.3 Å². The third-order valence-electron chi connectivity index (χ3n) is 5.49. The number of carbonyl (C=O) groups excluding carboxylic acids is 1. The predicted molar refractivity (Wildman–Crippen MR) is 102 cm³/mol. The molecule has 0 bridgehead atoms. The Kier molecular flexibility index (Phi) is 4.37. The molecule has 0 aliphatic carbocycles. The molecule has 2 aromatic rings. The molecule has 1 amide bonds. The second-order valence-electron chi connectivity index (χ2n) is 7.59. The van der Waals surface area contributed by atoms with Crippen LogP contribution in [0.25, 0.3) is 0 Å². The second kappa shape index (κ2) is 6.72. The van der Waals surface area contributed by atoms with Gasteiger partial charge in [0.1, 0.15) is 11.8 Å². The molecular formula is C20H24N4O3. The van der Waals surface area contributed by atoms with E-state index in [0.717, 1.165) is 37.2 Å². The van der Waals surface area contributed by atoms with Gasteiger partial charge in [0.15, 0.2) is 5.82 Å². The molecule has 2 aliphatic rings. The van der Waals surface area contributed by atoms with E-state index >= 15 is 0 Å². The molecule has 27 heavy (non-hydrogen) atoms. The number of piperidine rings is 1. The highest BCUT2D eigenvalue weighted by Gasteiger charge is 2.39. The van der Waals surface area contributed by atoms with Crippen LogP contribution in [-0.4, -0.2) is 44.8 Å². The van der Waals surface area contributed by atoms with Crippen molar-refractivity contribution >= 4 is 17.4 Å². The van der Waals surface area contributed by atoms with E-state index in [-0.39, 0.29) is 17.2 Å². The number of fused-ring (bicyclic) bond motifs is 1. The van der Waals surface area contributed by atoms with Gasteiger partial charge in [0, 0.05) is 38.3 Å². The number of hydrogen-bond acceptors (Lipinski definition) is 5. The highest BCUT2D eigenvalue weighted by molar-refractivity contribution is 5.91. The average molecular weight is 368 g/mol. The maximum absolute atomic E-state index is 13.4. The molecule has 1 fully saturated rings. The topological polar surface area (TPSA) is 78.7 Å². The number of rotatable bonds is 2. The molecule has 0 saturated carbocycles. The fourth-order valence-electron chi connectivity index (χ4n) is 4.14. The second-order valence-corrected chi connectivity index (χ2v) is 7.59. The van der Waals surface area contributed by atoms with Crippen LogP contribution in [0.2, 0.25) is 0 Å². The maximum atomic E-state index is 13.4. The third-order valence-corrected chi connectivity index (χ3v) is 5.49. The largest absolute Gasteiger partial charge is 0.508 e. The van der Waals surface area contributed by atoms with Gasteiger partial charge in [-0.3, -0.25) is 9.59 Å². The molecule has 7 nitrogen and oxygen atoms in total. The summed E-state index contributed by atoms with van der Waals surface area (Å²) in [6.45, 7) is 3.72. The third kappa shape index (κ3) is 3.18. The lowest BCUT2D eigenvalue weighted by Gasteiger charge is -2.35. The molecule has 1 aromatic heterocycles. The van der Waals surface area contributed by atoms with Crippen LogP contribution in [-0.2, 0) is 18.3 Å². The number of amides is 1. The molecular weight excluding hydrogens is 344 g/mol. The van der Waals surface area contributed by atoms with Crippen molar-refractivity contribution in [3.05, 3.63) is 46.2 Å². The molecule has 2 unspecified atom stereocenters. The van der Waals surface area contributed by atoms with Crippen LogP contribution in [0.3, 0.4) is 0 Å². The summed E-state index contributed by atoms with van der Waals surface area (Å²) in [7, 11) is 1.60. The minimum absolute atomic E-state index is 0.0768. The van der Waals surface area contributed by atoms with Gasteiger partial charge in [0.05, 0.1) is 0 Å². The van der Waals surface area contributed by atoms with E-state index in [0.29, 0.717) is 18.2 Å². The molecule has 0 spiro atoms. The van der Waals surface area contributed by atoms with Crippen molar-refractivity contribution in [1.29, 1.82) is 0 Å². The number of aryl methyl sites for hydroxylation is 1. The van der Waals surface area contributed by atoms with Crippen molar-refractivity contribution < 1.29 is 9.90 Å². The van der Waals surface area contributed by atoms with E-state index in [1.165, 1.54) is 10.7 Å². The molecule has 7 heteroatoms. The van der Waals surface area contributed by atoms with Crippen molar-refractivity contribution in [2.75, 3.05) is 18.0 Å². The molecule has 4 rings (SSSR count). The lowest BCUT2D eigenvalue weighted by molar-refractivity contribution is -0.134. The summed E-state index contributed by atoms with van der Waals surface area (Å²) in [4.78, 5) is 29.0. The summed E-state index contributed by atoms with van der Waals surface area (Å²) in [6, 6.07) is 7.83. The van der Waals surface area contributed by atoms with Gasteiger partial charge < -0.3 is 14.9 Å². The average Bonchev–Trinajstić information content (AvgIpc) is 3.01. The zero-order valence-electron chi connectivity index (χ0n) is 15.6. The number of aromatic nitrogens is 2. The number of anilines is 2. The van der Waals surface area contributed by atoms with Gasteiger partial charge >= 0.3 is 0 Å². The Labute approximate surface area is 157 Å². The Morgan fingerprint density at radius 3 is 2.81 bits per heavy atom. The van der Waals surface area contributed by atoms with E-state index in [4.69, 9.17) is 0 Å². The van der Waals surface area contributed by atoms with E-state index < -0.39 is 6.04 Å². The van der Waals surface area contributed by atoms with Crippen molar-refractivity contribution in [3.63, 3.8) is 0 Å². The van der Waals surface area contributed by atoms with Gasteiger partial charge in [0.2, 0.25) is 5.91 Å². The lowest BCUT2D eigenvalue weighted by atomic mass is 9.99. The molecule has 1 saturated heterocycles. The Bertz CT molecular complexity index is 939. The summed E-state index contributed by atoms with van der Waals surface area (Å²) in [5.41, 5.74) is 1.56. The summed E-state index contributed by atoms with van der Waals surface area (Å²) >= 11 is 0. The molecule has 0 radical (unpaired) electrons. The molecule has 3 heterocycles. The van der Waals surface area contributed by atoms with Crippen molar-refractivity contribution in [1.82, 2.24) is 14.7 Å². The van der Waals surface area contributed by atoms with Crippen LogP contribution in [0, 0.1) is 5.92 Å². The minimum atomic E-state index is -0.419. The normalized spacial score (nSPS) is 22.0. The summed E-state index contributed by atoms with van der Waals surface area (Å²) in [5, 5.41) is 14.2. The first kappa shape index (κ1) is 17.6. The number of nitrogens with zero attached hydrogens (tertiary/aromatic N) is 4. The maximum Gasteiger partial charge on any atom is 0.266 e. The fraction of sp³-hybridized carbons (Fsp3) is 0.450. The number of aromatic hydroxyl groups is 1. The van der Waals surface area contributed by atoms with E-state index in [1.807, 2.05) is 15.9 Å². The molecule has 1 aromatic carbocycles. The predicted octanol–water partition coefficient (Wildman–Crippen LogP) is 1.81. The summed E-state index contributed by atoms with van der Waals surface area (Å²) in [5.74, 6) is 1.32. The van der Waals surface area contributed by atoms with Gasteiger partial charge in [-0.2, -0.15) is 5.10 Å². The fourth-order valence-corrected chi connectivity index (χ4v) is 4.14. The van der Waals surface area contributed by atoms with Crippen LogP contribution < -0.4 is 10.5 Å². The Morgan fingerprint density at radius 2 is 2.07 bits per heavy atom. The zero-order chi connectivity index (χ0) is 19.1. The van der Waals surface area contributed by atoms with E-state index in [9.17, 15) is 14.7 Å². The number of benzene rings is 1. The Hall–Kier alpha value is -2.83. The molecule has 142 valence electrons. The van der Waals surface area contributed by atoms with Crippen molar-refractivity contribution in [2.45, 2.75) is 32.2 Å². The lowest BCUT2D eigenvalue weighted by Crippen LogP contribution is -2.49. The van der Waals surface area contributed by atoms with Gasteiger partial charge in [-0.25, -0.2) is 4.68 Å². The molecule has 2 atom stereocenters. The highest BCUT2D eigenvalue weighted by atomic mass is 16.3. The molecule has 1 N–H and O–H groups in total. The smallest absolute Gasteiger partial charge is 0.266 e. The van der Waals surface area contributed by atoms with Crippen LogP contribution >= 0.6 is 0 Å². The van der Waals surface area contributed by atoms with Gasteiger partial charge in [0.25, 0.3) is 5.56 Å². The molecule has 2 aliphatic heterocycles. The highest BCUT2D eigenvalue weighted by Crippen LogP contribution is 2.39. The van der Waals surface area contributed by atoms with Crippen molar-refractivity contribution in [3.8, 4) is 5.75 Å². The van der Waals surface area contributed by atoms with Gasteiger partial charge in [-0.15, -0.1) is 0 Å². The number of phenolic OH excluding ortho intramolecular Hbond substituents is 1. The first-order valence-corrected chi connectivity index (χ1v) is 9.38. The van der Waals surface area contributed by atoms with E-state index in [1.54, 1.807) is 25.2 Å². The quantitative estimate of drug-likeness (QED) is 0.875. The number of carbonyl (C=O) groups is 1. The monoisotopic (exact) mass is 368 g/mol. The zero-order valence-corrected chi connectivity index (χ0v) is 15.6. The Morgan fingerprint density at radius 1 is 1.26 bits per heavy atom. The summed E-state index contributed by atoms with van der Waals surface area (Å²) < 4.78 is 1.28. The van der Waals surface area contributed by atoms with Crippen molar-refractivity contribution in [2.24, 2.45) is 13.0 Å². The minimum Gasteiger partial charge on any atom is -0.508 e. The standard InChI is InChI=1S/C20H24N4O3/c1-13-4-3-9-23(12-13)20(27)17-11-14-10-15(25)5-6-16(14)24(17)18-7-8-19(26)22(2)21-18/h5-8,10,13,17,25H,3-4,9,11-12H2,1-2H3. The number of phenols is 1. The van der Waals surface area contributed by atoms with Crippen LogP contribution in [0.5, 0.6) is 5.75 Å². The summed E-state index contributed by atoms with van der Waals surface area (Å²) in [6.07, 6.45) is 2.68. The van der Waals surface area contributed by atoms with Crippen LogP contribution in [0.15, 0.2) is 35.1 Å². The number of likely N-dealkylation sites (tertiary alicyclic amines) is 1. The number of hydrogen-bond donors (Lipinski definition) is 1. The van der Waals surface area contributed by atoms with Gasteiger partial charge in [-0.05, 0) is 48.6 Å².